The van der Waals surface area contributed by atoms with Crippen molar-refractivity contribution in [2.24, 2.45) is 17.6 Å². The molecule has 18 heavy (non-hydrogen) atoms. The van der Waals surface area contributed by atoms with Gasteiger partial charge in [0, 0.05) is 12.6 Å². The maximum absolute atomic E-state index is 12.9. The zero-order valence-corrected chi connectivity index (χ0v) is 11.1. The normalized spacial score (nSPS) is 31.1. The van der Waals surface area contributed by atoms with Crippen molar-refractivity contribution in [2.45, 2.75) is 44.3 Å². The summed E-state index contributed by atoms with van der Waals surface area (Å²) in [6.07, 6.45) is 1.22. The predicted octanol–water partition coefficient (Wildman–Crippen LogP) is 2.72. The molecule has 0 amide bonds. The number of hydrogen-bond donors (Lipinski definition) is 1. The molecule has 1 heterocycles. The third kappa shape index (κ3) is 2.96. The predicted molar refractivity (Wildman–Crippen MR) is 68.3 cm³/mol. The van der Waals surface area contributed by atoms with Crippen LogP contribution in [-0.4, -0.2) is 35.2 Å². The molecule has 2 fully saturated rings. The van der Waals surface area contributed by atoms with E-state index in [1.54, 1.807) is 0 Å². The Kier molecular flexibility index (Phi) is 4.16. The molecule has 2 N–H and O–H groups in total. The van der Waals surface area contributed by atoms with Crippen LogP contribution in [0.5, 0.6) is 0 Å². The highest BCUT2D eigenvalue weighted by molar-refractivity contribution is 7.80. The molecule has 0 aromatic carbocycles. The van der Waals surface area contributed by atoms with E-state index in [1.807, 2.05) is 4.90 Å². The van der Waals surface area contributed by atoms with Crippen LogP contribution in [0.15, 0.2) is 0 Å². The Labute approximate surface area is 111 Å². The van der Waals surface area contributed by atoms with Gasteiger partial charge >= 0.3 is 6.18 Å². The van der Waals surface area contributed by atoms with Crippen molar-refractivity contribution < 1.29 is 13.2 Å². The van der Waals surface area contributed by atoms with Crippen molar-refractivity contribution in [3.05, 3.63) is 0 Å². The third-order valence-corrected chi connectivity index (χ3v) is 4.57. The number of nitrogens with zero attached hydrogens (tertiary/aromatic N) is 1. The number of alkyl halides is 3. The lowest BCUT2D eigenvalue weighted by atomic mass is 9.85. The van der Waals surface area contributed by atoms with E-state index < -0.39 is 17.1 Å². The minimum absolute atomic E-state index is 0.0556. The topological polar surface area (TPSA) is 29.3 Å². The van der Waals surface area contributed by atoms with Crippen LogP contribution in [0.4, 0.5) is 13.2 Å². The molecule has 3 atom stereocenters. The van der Waals surface area contributed by atoms with Crippen molar-refractivity contribution in [2.75, 3.05) is 13.1 Å². The lowest BCUT2D eigenvalue weighted by molar-refractivity contribution is -0.160. The minimum atomic E-state index is -4.32. The van der Waals surface area contributed by atoms with Crippen LogP contribution in [0.25, 0.3) is 0 Å². The van der Waals surface area contributed by atoms with Crippen LogP contribution < -0.4 is 5.73 Å². The van der Waals surface area contributed by atoms with E-state index >= 15 is 0 Å². The summed E-state index contributed by atoms with van der Waals surface area (Å²) in [5.74, 6) is -1.08. The lowest BCUT2D eigenvalue weighted by Gasteiger charge is -2.34. The standard InChI is InChI=1S/C12H19F3N2S/c13-12(14,15)9(11(16)18)7-17-6-5-8-3-1-2-4-10(8)17/h8-10H,1-7H2,(H2,16,18). The molecular formula is C12H19F3N2S. The SMILES string of the molecule is NC(=S)C(CN1CCC2CCCCC21)C(F)(F)F. The molecule has 2 nitrogen and oxygen atoms in total. The molecule has 104 valence electrons. The van der Waals surface area contributed by atoms with E-state index in [0.29, 0.717) is 12.0 Å². The molecule has 1 aliphatic heterocycles. The Balaban J connectivity index is 2.01. The highest BCUT2D eigenvalue weighted by Gasteiger charge is 2.45. The second-order valence-corrected chi connectivity index (χ2v) is 5.86. The van der Waals surface area contributed by atoms with Gasteiger partial charge in [0.05, 0.1) is 4.99 Å². The average molecular weight is 280 g/mol. The first-order valence-electron chi connectivity index (χ1n) is 6.49. The number of rotatable bonds is 3. The average Bonchev–Trinajstić information content (AvgIpc) is 2.67. The summed E-state index contributed by atoms with van der Waals surface area (Å²) in [6, 6.07) is 0.318. The van der Waals surface area contributed by atoms with E-state index in [2.05, 4.69) is 12.2 Å². The highest BCUT2D eigenvalue weighted by Crippen LogP contribution is 2.38. The zero-order valence-electron chi connectivity index (χ0n) is 10.2. The first kappa shape index (κ1) is 14.1. The summed E-state index contributed by atoms with van der Waals surface area (Å²) >= 11 is 4.58. The number of hydrogen-bond acceptors (Lipinski definition) is 2. The molecule has 1 saturated carbocycles. The number of halogens is 3. The van der Waals surface area contributed by atoms with E-state index in [0.717, 1.165) is 32.2 Å². The van der Waals surface area contributed by atoms with Crippen molar-refractivity contribution >= 4 is 17.2 Å². The molecule has 1 saturated heterocycles. The second-order valence-electron chi connectivity index (χ2n) is 5.39. The van der Waals surface area contributed by atoms with Crippen molar-refractivity contribution in [3.63, 3.8) is 0 Å². The molecular weight excluding hydrogens is 261 g/mol. The molecule has 0 radical (unpaired) electrons. The first-order valence-corrected chi connectivity index (χ1v) is 6.90. The Hall–Kier alpha value is -0.360. The van der Waals surface area contributed by atoms with E-state index in [1.165, 1.54) is 6.42 Å². The van der Waals surface area contributed by atoms with Crippen molar-refractivity contribution in [3.8, 4) is 0 Å². The van der Waals surface area contributed by atoms with Crippen LogP contribution in [0.1, 0.15) is 32.1 Å². The van der Waals surface area contributed by atoms with Crippen molar-refractivity contribution in [1.82, 2.24) is 4.90 Å². The summed E-state index contributed by atoms with van der Waals surface area (Å²) in [4.78, 5) is 1.53. The van der Waals surface area contributed by atoms with Gasteiger partial charge in [-0.1, -0.05) is 25.1 Å². The maximum atomic E-state index is 12.9. The second kappa shape index (κ2) is 5.33. The van der Waals surface area contributed by atoms with Gasteiger partial charge in [-0.2, -0.15) is 13.2 Å². The van der Waals surface area contributed by atoms with Crippen LogP contribution in [0.2, 0.25) is 0 Å². The van der Waals surface area contributed by atoms with Gasteiger partial charge in [-0.05, 0) is 31.7 Å². The third-order valence-electron chi connectivity index (χ3n) is 4.28. The number of nitrogens with two attached hydrogens (primary N) is 1. The summed E-state index contributed by atoms with van der Waals surface area (Å²) in [6.45, 7) is 0.699. The van der Waals surface area contributed by atoms with Gasteiger partial charge < -0.3 is 5.73 Å². The Morgan fingerprint density at radius 1 is 1.28 bits per heavy atom. The summed E-state index contributed by atoms with van der Waals surface area (Å²) in [5, 5.41) is 0. The quantitative estimate of drug-likeness (QED) is 0.806. The van der Waals surface area contributed by atoms with Gasteiger partial charge in [0.15, 0.2) is 0 Å². The Bertz CT molecular complexity index is 319. The number of thiocarbonyl (C=S) groups is 1. The summed E-state index contributed by atoms with van der Waals surface area (Å²) < 4.78 is 38.6. The van der Waals surface area contributed by atoms with Gasteiger partial charge in [-0.25, -0.2) is 0 Å². The van der Waals surface area contributed by atoms with Crippen LogP contribution >= 0.6 is 12.2 Å². The lowest BCUT2D eigenvalue weighted by Crippen LogP contribution is -2.46. The van der Waals surface area contributed by atoms with Crippen molar-refractivity contribution in [1.29, 1.82) is 0 Å². The Morgan fingerprint density at radius 2 is 1.94 bits per heavy atom. The zero-order chi connectivity index (χ0) is 13.3. The first-order chi connectivity index (χ1) is 8.39. The fourth-order valence-electron chi connectivity index (χ4n) is 3.32. The van der Waals surface area contributed by atoms with Gasteiger partial charge in [0.1, 0.15) is 5.92 Å². The summed E-state index contributed by atoms with van der Waals surface area (Å²) in [7, 11) is 0. The van der Waals surface area contributed by atoms with Gasteiger partial charge in [-0.3, -0.25) is 4.90 Å². The minimum Gasteiger partial charge on any atom is -0.393 e. The van der Waals surface area contributed by atoms with E-state index in [-0.39, 0.29) is 6.54 Å². The van der Waals surface area contributed by atoms with Crippen LogP contribution in [-0.2, 0) is 0 Å². The van der Waals surface area contributed by atoms with Gasteiger partial charge in [0.25, 0.3) is 0 Å². The molecule has 0 aromatic heterocycles. The Morgan fingerprint density at radius 3 is 2.56 bits per heavy atom. The summed E-state index contributed by atoms with van der Waals surface area (Å²) in [5.41, 5.74) is 5.25. The molecule has 0 spiro atoms. The largest absolute Gasteiger partial charge is 0.399 e. The smallest absolute Gasteiger partial charge is 0.393 e. The van der Waals surface area contributed by atoms with Crippen LogP contribution in [0.3, 0.4) is 0 Å². The fourth-order valence-corrected chi connectivity index (χ4v) is 3.53. The number of fused-ring (bicyclic) bond motifs is 1. The molecule has 0 bridgehead atoms. The highest BCUT2D eigenvalue weighted by atomic mass is 32.1. The molecule has 3 unspecified atom stereocenters. The van der Waals surface area contributed by atoms with Gasteiger partial charge in [-0.15, -0.1) is 0 Å². The van der Waals surface area contributed by atoms with Gasteiger partial charge in [0.2, 0.25) is 0 Å². The molecule has 1 aliphatic carbocycles. The monoisotopic (exact) mass is 280 g/mol. The molecule has 2 aliphatic rings. The molecule has 0 aromatic rings. The van der Waals surface area contributed by atoms with E-state index in [9.17, 15) is 13.2 Å². The molecule has 2 rings (SSSR count). The van der Waals surface area contributed by atoms with E-state index in [4.69, 9.17) is 5.73 Å². The fraction of sp³-hybridized carbons (Fsp3) is 0.917. The maximum Gasteiger partial charge on any atom is 0.399 e. The molecule has 6 heteroatoms. The number of likely N-dealkylation sites (tertiary alicyclic amines) is 1. The van der Waals surface area contributed by atoms with Crippen LogP contribution in [0, 0.1) is 11.8 Å².